The highest BCUT2D eigenvalue weighted by molar-refractivity contribution is 6.06. The number of fused-ring (bicyclic) bond motifs is 5. The molecule has 0 radical (unpaired) electrons. The van der Waals surface area contributed by atoms with Gasteiger partial charge in [0.2, 0.25) is 0 Å². The minimum absolute atomic E-state index is 0.500. The Labute approximate surface area is 344 Å². The third-order valence-electron chi connectivity index (χ3n) is 11.8. The van der Waals surface area contributed by atoms with Crippen molar-refractivity contribution in [3.8, 4) is 67.5 Å². The Balaban J connectivity index is 1.06. The van der Waals surface area contributed by atoms with E-state index >= 15 is 0 Å². The summed E-state index contributed by atoms with van der Waals surface area (Å²) < 4.78 is 0. The highest BCUT2D eigenvalue weighted by Gasteiger charge is 2.48. The fourth-order valence-electron chi connectivity index (χ4n) is 9.17. The van der Waals surface area contributed by atoms with Crippen LogP contribution in [-0.4, -0.2) is 15.0 Å². The average Bonchev–Trinajstić information content (AvgIpc) is 3.65. The molecular formula is C56H37N3. The summed E-state index contributed by atoms with van der Waals surface area (Å²) in [4.78, 5) is 14.9. The Morgan fingerprint density at radius 1 is 0.305 bits per heavy atom. The number of benzene rings is 9. The maximum atomic E-state index is 5.00. The molecule has 0 unspecified atom stereocenters. The predicted molar refractivity (Wildman–Crippen MR) is 242 cm³/mol. The fraction of sp³-hybridized carbons (Fsp3) is 0.0179. The Bertz CT molecular complexity index is 3030. The lowest BCUT2D eigenvalue weighted by Crippen LogP contribution is -2.28. The van der Waals surface area contributed by atoms with Crippen molar-refractivity contribution in [1.82, 2.24) is 15.0 Å². The molecule has 1 heterocycles. The number of aromatic nitrogens is 3. The molecule has 0 saturated heterocycles. The molecule has 0 N–H and O–H groups in total. The van der Waals surface area contributed by atoms with Gasteiger partial charge in [-0.1, -0.05) is 212 Å². The van der Waals surface area contributed by atoms with E-state index in [9.17, 15) is 0 Å². The molecular weight excluding hydrogens is 715 g/mol. The van der Waals surface area contributed by atoms with Crippen LogP contribution in [0.15, 0.2) is 224 Å². The second-order valence-corrected chi connectivity index (χ2v) is 15.1. The molecule has 0 spiro atoms. The largest absolute Gasteiger partial charge is 0.208 e. The Morgan fingerprint density at radius 2 is 0.780 bits per heavy atom. The van der Waals surface area contributed by atoms with Crippen LogP contribution in [0.4, 0.5) is 0 Å². The molecule has 276 valence electrons. The molecule has 0 saturated carbocycles. The van der Waals surface area contributed by atoms with Crippen LogP contribution in [0.3, 0.4) is 0 Å². The van der Waals surface area contributed by atoms with E-state index in [1.165, 1.54) is 55.3 Å². The van der Waals surface area contributed by atoms with Gasteiger partial charge >= 0.3 is 0 Å². The maximum absolute atomic E-state index is 5.00. The predicted octanol–water partition coefficient (Wildman–Crippen LogP) is 13.7. The first kappa shape index (κ1) is 34.5. The quantitative estimate of drug-likeness (QED) is 0.163. The second-order valence-electron chi connectivity index (χ2n) is 15.1. The van der Waals surface area contributed by atoms with Crippen molar-refractivity contribution in [2.24, 2.45) is 0 Å². The summed E-state index contributed by atoms with van der Waals surface area (Å²) in [5, 5.41) is 2.50. The van der Waals surface area contributed by atoms with E-state index in [0.717, 1.165) is 27.8 Å². The molecule has 0 fully saturated rings. The van der Waals surface area contributed by atoms with Gasteiger partial charge in [-0.05, 0) is 78.5 Å². The van der Waals surface area contributed by atoms with Gasteiger partial charge in [-0.2, -0.15) is 0 Å². The molecule has 1 aliphatic rings. The number of hydrogen-bond donors (Lipinski definition) is 0. The minimum atomic E-state index is -0.500. The molecule has 0 bridgehead atoms. The third-order valence-corrected chi connectivity index (χ3v) is 11.8. The van der Waals surface area contributed by atoms with Crippen molar-refractivity contribution in [3.05, 3.63) is 247 Å². The van der Waals surface area contributed by atoms with E-state index in [4.69, 9.17) is 15.0 Å². The number of nitrogens with zero attached hydrogens (tertiary/aromatic N) is 3. The third kappa shape index (κ3) is 5.78. The SMILES string of the molecule is c1ccc(-c2nc(-c3ccccc3)nc(-c3cccc(-c4ccc(-c5cc6ccccc6c6c5-c5ccccc5C6(c5ccccc5)c5ccccc5)cc4)c3)n2)cc1. The highest BCUT2D eigenvalue weighted by Crippen LogP contribution is 2.60. The normalized spacial score (nSPS) is 12.5. The number of rotatable bonds is 7. The molecule has 1 aliphatic carbocycles. The average molecular weight is 752 g/mol. The highest BCUT2D eigenvalue weighted by atomic mass is 15.0. The van der Waals surface area contributed by atoms with Crippen LogP contribution < -0.4 is 0 Å². The Morgan fingerprint density at radius 3 is 1.41 bits per heavy atom. The summed E-state index contributed by atoms with van der Waals surface area (Å²) >= 11 is 0. The summed E-state index contributed by atoms with van der Waals surface area (Å²) in [6.07, 6.45) is 0. The van der Waals surface area contributed by atoms with Crippen LogP contribution in [0.25, 0.3) is 78.3 Å². The van der Waals surface area contributed by atoms with Crippen molar-refractivity contribution in [3.63, 3.8) is 0 Å². The smallest absolute Gasteiger partial charge is 0.164 e. The van der Waals surface area contributed by atoms with Crippen LogP contribution in [0.5, 0.6) is 0 Å². The molecule has 11 rings (SSSR count). The molecule has 9 aromatic carbocycles. The van der Waals surface area contributed by atoms with Crippen molar-refractivity contribution >= 4 is 10.8 Å². The summed E-state index contributed by atoms with van der Waals surface area (Å²) in [6.45, 7) is 0. The molecule has 1 aromatic heterocycles. The molecule has 59 heavy (non-hydrogen) atoms. The topological polar surface area (TPSA) is 38.7 Å². The van der Waals surface area contributed by atoms with Crippen LogP contribution in [-0.2, 0) is 5.41 Å². The van der Waals surface area contributed by atoms with Gasteiger partial charge < -0.3 is 0 Å². The fourth-order valence-corrected chi connectivity index (χ4v) is 9.17. The van der Waals surface area contributed by atoms with Crippen LogP contribution >= 0.6 is 0 Å². The van der Waals surface area contributed by atoms with Gasteiger partial charge in [-0.15, -0.1) is 0 Å². The summed E-state index contributed by atoms with van der Waals surface area (Å²) in [7, 11) is 0. The van der Waals surface area contributed by atoms with Gasteiger partial charge in [0.05, 0.1) is 5.41 Å². The zero-order valence-corrected chi connectivity index (χ0v) is 32.2. The van der Waals surface area contributed by atoms with Crippen molar-refractivity contribution in [2.45, 2.75) is 5.41 Å². The van der Waals surface area contributed by atoms with E-state index in [-0.39, 0.29) is 0 Å². The Hall–Kier alpha value is -7.75. The van der Waals surface area contributed by atoms with Gasteiger partial charge in [0, 0.05) is 16.7 Å². The minimum Gasteiger partial charge on any atom is -0.208 e. The van der Waals surface area contributed by atoms with E-state index in [0.29, 0.717) is 17.5 Å². The zero-order chi connectivity index (χ0) is 39.2. The standard InChI is InChI=1S/C56H37N3/c1-5-18-40(19-6-1)53-57-54(41-20-7-2-8-21-41)59-55(58-53)44-24-17-23-42(36-44)38-32-34-39(35-33-38)49-37-43-22-13-14-29-47(43)52-51(49)48-30-15-16-31-50(48)56(52,45-25-9-3-10-26-45)46-27-11-4-12-28-46/h1-37H. The van der Waals surface area contributed by atoms with E-state index in [1.807, 2.05) is 60.7 Å². The lowest BCUT2D eigenvalue weighted by Gasteiger charge is -2.35. The summed E-state index contributed by atoms with van der Waals surface area (Å²) in [6, 6.07) is 80.2. The van der Waals surface area contributed by atoms with Crippen molar-refractivity contribution < 1.29 is 0 Å². The molecule has 0 aliphatic heterocycles. The molecule has 3 heteroatoms. The van der Waals surface area contributed by atoms with Crippen LogP contribution in [0, 0.1) is 0 Å². The lowest BCUT2D eigenvalue weighted by atomic mass is 9.66. The van der Waals surface area contributed by atoms with Gasteiger partial charge in [0.15, 0.2) is 17.5 Å². The van der Waals surface area contributed by atoms with Crippen molar-refractivity contribution in [2.75, 3.05) is 0 Å². The van der Waals surface area contributed by atoms with Gasteiger partial charge in [0.1, 0.15) is 0 Å². The van der Waals surface area contributed by atoms with Gasteiger partial charge in [0.25, 0.3) is 0 Å². The molecule has 0 atom stereocenters. The van der Waals surface area contributed by atoms with Crippen molar-refractivity contribution in [1.29, 1.82) is 0 Å². The lowest BCUT2D eigenvalue weighted by molar-refractivity contribution is 0.775. The molecule has 3 nitrogen and oxygen atoms in total. The first-order chi connectivity index (χ1) is 29.3. The van der Waals surface area contributed by atoms with E-state index < -0.39 is 5.41 Å². The first-order valence-corrected chi connectivity index (χ1v) is 20.1. The van der Waals surface area contributed by atoms with E-state index in [1.54, 1.807) is 0 Å². The second kappa shape index (κ2) is 14.3. The van der Waals surface area contributed by atoms with Gasteiger partial charge in [-0.3, -0.25) is 0 Å². The summed E-state index contributed by atoms with van der Waals surface area (Å²) in [5.74, 6) is 1.94. The zero-order valence-electron chi connectivity index (χ0n) is 32.2. The molecule has 0 amide bonds. The van der Waals surface area contributed by atoms with Crippen LogP contribution in [0.2, 0.25) is 0 Å². The van der Waals surface area contributed by atoms with E-state index in [2.05, 4.69) is 164 Å². The summed E-state index contributed by atoms with van der Waals surface area (Å²) in [5.41, 5.74) is 14.7. The number of hydrogen-bond acceptors (Lipinski definition) is 3. The van der Waals surface area contributed by atoms with Gasteiger partial charge in [-0.25, -0.2) is 15.0 Å². The van der Waals surface area contributed by atoms with Crippen LogP contribution in [0.1, 0.15) is 22.3 Å². The molecule has 10 aromatic rings. The monoisotopic (exact) mass is 751 g/mol. The maximum Gasteiger partial charge on any atom is 0.164 e. The first-order valence-electron chi connectivity index (χ1n) is 20.1. The Kier molecular flexibility index (Phi) is 8.37.